The number of rotatable bonds is 5. The molecule has 2 aliphatic rings. The van der Waals surface area contributed by atoms with E-state index in [0.717, 1.165) is 33.7 Å². The molecular weight excluding hydrogens is 400 g/mol. The van der Waals surface area contributed by atoms with Crippen molar-refractivity contribution in [2.75, 3.05) is 0 Å². The Kier molecular flexibility index (Phi) is 4.63. The van der Waals surface area contributed by atoms with E-state index in [-0.39, 0.29) is 5.57 Å². The first-order valence-corrected chi connectivity index (χ1v) is 10.5. The van der Waals surface area contributed by atoms with E-state index in [1.165, 1.54) is 18.4 Å². The molecule has 0 spiro atoms. The largest absolute Gasteiger partial charge is 0.478 e. The molecule has 5 nitrogen and oxygen atoms in total. The highest BCUT2D eigenvalue weighted by atomic mass is 35.5. The number of halogens is 1. The monoisotopic (exact) mass is 420 g/mol. The molecule has 0 saturated heterocycles. The number of H-pyrrole nitrogens is 1. The number of ether oxygens (including phenoxy) is 1. The molecule has 0 aliphatic heterocycles. The first-order chi connectivity index (χ1) is 14.5. The minimum absolute atomic E-state index is 0.285. The summed E-state index contributed by atoms with van der Waals surface area (Å²) in [7, 11) is 0. The van der Waals surface area contributed by atoms with Crippen molar-refractivity contribution in [1.29, 1.82) is 0 Å². The number of aromatic amines is 1. The Hall–Kier alpha value is -3.05. The van der Waals surface area contributed by atoms with Gasteiger partial charge in [0.2, 0.25) is 0 Å². The Morgan fingerprint density at radius 3 is 2.67 bits per heavy atom. The van der Waals surface area contributed by atoms with Gasteiger partial charge in [0.1, 0.15) is 5.76 Å². The lowest BCUT2D eigenvalue weighted by molar-refractivity contribution is -0.132. The van der Waals surface area contributed by atoms with Crippen LogP contribution in [0.5, 0.6) is 6.01 Å². The van der Waals surface area contributed by atoms with Crippen molar-refractivity contribution in [1.82, 2.24) is 9.97 Å². The number of benzene rings is 2. The summed E-state index contributed by atoms with van der Waals surface area (Å²) in [4.78, 5) is 19.0. The van der Waals surface area contributed by atoms with Gasteiger partial charge in [0.05, 0.1) is 21.6 Å². The summed E-state index contributed by atoms with van der Waals surface area (Å²) in [6, 6.07) is 12.7. The third kappa shape index (κ3) is 3.61. The first-order valence-electron chi connectivity index (χ1n) is 10.1. The van der Waals surface area contributed by atoms with Crippen LogP contribution in [-0.2, 0) is 4.79 Å². The number of carbonyl (C=O) groups is 1. The van der Waals surface area contributed by atoms with Gasteiger partial charge < -0.3 is 14.8 Å². The number of allylic oxidation sites excluding steroid dienone is 2. The van der Waals surface area contributed by atoms with Crippen molar-refractivity contribution < 1.29 is 14.6 Å². The number of hydrogen-bond donors (Lipinski definition) is 2. The Bertz CT molecular complexity index is 1220. The molecule has 152 valence electrons. The molecule has 30 heavy (non-hydrogen) atoms. The fourth-order valence-corrected chi connectivity index (χ4v) is 4.15. The SMILES string of the molecule is CC1=C(C(=O)O)C=C(Oc2nc3cc(-c4ccc(C5CC5)cc4)c(Cl)cc3[nH]2)CC1. The maximum Gasteiger partial charge on any atom is 0.335 e. The molecule has 1 saturated carbocycles. The number of imidazole rings is 1. The summed E-state index contributed by atoms with van der Waals surface area (Å²) >= 11 is 6.55. The lowest BCUT2D eigenvalue weighted by atomic mass is 9.98. The number of carboxylic acids is 1. The Balaban J connectivity index is 1.43. The zero-order valence-corrected chi connectivity index (χ0v) is 17.3. The molecule has 0 radical (unpaired) electrons. The van der Waals surface area contributed by atoms with E-state index >= 15 is 0 Å². The molecule has 0 atom stereocenters. The molecule has 3 aromatic rings. The molecule has 2 aliphatic carbocycles. The maximum absolute atomic E-state index is 11.4. The third-order valence-corrected chi connectivity index (χ3v) is 6.10. The van der Waals surface area contributed by atoms with E-state index in [9.17, 15) is 9.90 Å². The smallest absolute Gasteiger partial charge is 0.335 e. The van der Waals surface area contributed by atoms with Crippen molar-refractivity contribution in [3.63, 3.8) is 0 Å². The van der Waals surface area contributed by atoms with Gasteiger partial charge in [0.15, 0.2) is 0 Å². The molecule has 2 N–H and O–H groups in total. The van der Waals surface area contributed by atoms with E-state index in [0.29, 0.717) is 29.6 Å². The zero-order chi connectivity index (χ0) is 20.8. The highest BCUT2D eigenvalue weighted by molar-refractivity contribution is 6.34. The molecule has 0 unspecified atom stereocenters. The van der Waals surface area contributed by atoms with Crippen LogP contribution in [0.1, 0.15) is 44.1 Å². The van der Waals surface area contributed by atoms with Gasteiger partial charge in [-0.1, -0.05) is 41.4 Å². The van der Waals surface area contributed by atoms with Crippen LogP contribution >= 0.6 is 11.6 Å². The van der Waals surface area contributed by atoms with Crippen LogP contribution in [-0.4, -0.2) is 21.0 Å². The number of nitrogens with one attached hydrogen (secondary N) is 1. The second-order valence-electron chi connectivity index (χ2n) is 8.00. The van der Waals surface area contributed by atoms with Gasteiger partial charge in [-0.25, -0.2) is 4.79 Å². The highest BCUT2D eigenvalue weighted by Crippen LogP contribution is 2.41. The van der Waals surface area contributed by atoms with Gasteiger partial charge in [-0.2, -0.15) is 4.98 Å². The second-order valence-corrected chi connectivity index (χ2v) is 8.41. The van der Waals surface area contributed by atoms with Crippen LogP contribution in [0.2, 0.25) is 5.02 Å². The van der Waals surface area contributed by atoms with Crippen molar-refractivity contribution >= 4 is 28.6 Å². The first kappa shape index (κ1) is 18.9. The van der Waals surface area contributed by atoms with Gasteiger partial charge in [0.25, 0.3) is 6.01 Å². The zero-order valence-electron chi connectivity index (χ0n) is 16.5. The van der Waals surface area contributed by atoms with Gasteiger partial charge in [-0.05, 0) is 61.4 Å². The molecule has 0 bridgehead atoms. The van der Waals surface area contributed by atoms with E-state index in [2.05, 4.69) is 34.2 Å². The number of aromatic nitrogens is 2. The Morgan fingerprint density at radius 2 is 1.97 bits per heavy atom. The summed E-state index contributed by atoms with van der Waals surface area (Å²) in [6.07, 6.45) is 5.43. The van der Waals surface area contributed by atoms with Crippen LogP contribution in [0.3, 0.4) is 0 Å². The topological polar surface area (TPSA) is 75.2 Å². The molecule has 0 amide bonds. The average Bonchev–Trinajstić information content (AvgIpc) is 3.50. The summed E-state index contributed by atoms with van der Waals surface area (Å²) in [5, 5.41) is 9.97. The summed E-state index contributed by atoms with van der Waals surface area (Å²) in [5.41, 5.74) is 6.02. The normalized spacial score (nSPS) is 16.7. The second kappa shape index (κ2) is 7.33. The standard InChI is InChI=1S/C24H21ClN2O3/c1-13-2-9-17(10-18(13)23(28)29)30-24-26-21-11-19(20(25)12-22(21)27-24)16-7-5-15(6-8-16)14-3-4-14/h5-8,10-12,14H,2-4,9H2,1H3,(H,26,27)(H,28,29). The fourth-order valence-electron chi connectivity index (χ4n) is 3.88. The lowest BCUT2D eigenvalue weighted by Crippen LogP contribution is -2.09. The van der Waals surface area contributed by atoms with Crippen molar-refractivity contribution in [2.24, 2.45) is 0 Å². The predicted octanol–water partition coefficient (Wildman–Crippen LogP) is 6.22. The molecule has 6 heteroatoms. The summed E-state index contributed by atoms with van der Waals surface area (Å²) < 4.78 is 5.86. The third-order valence-electron chi connectivity index (χ3n) is 5.79. The number of aliphatic carboxylic acids is 1. The molecular formula is C24H21ClN2O3. The maximum atomic E-state index is 11.4. The molecule has 1 heterocycles. The number of carboxylic acid groups (broad SMARTS) is 1. The van der Waals surface area contributed by atoms with Crippen molar-refractivity contribution in [2.45, 2.75) is 38.5 Å². The fraction of sp³-hybridized carbons (Fsp3) is 0.250. The van der Waals surface area contributed by atoms with Crippen LogP contribution in [0.25, 0.3) is 22.2 Å². The van der Waals surface area contributed by atoms with E-state index in [1.807, 2.05) is 19.1 Å². The van der Waals surface area contributed by atoms with Gasteiger partial charge >= 0.3 is 5.97 Å². The summed E-state index contributed by atoms with van der Waals surface area (Å²) in [6.45, 7) is 1.83. The molecule has 1 aromatic heterocycles. The molecule has 2 aromatic carbocycles. The van der Waals surface area contributed by atoms with Crippen molar-refractivity contribution in [3.8, 4) is 17.1 Å². The van der Waals surface area contributed by atoms with E-state index in [1.54, 1.807) is 6.08 Å². The minimum Gasteiger partial charge on any atom is -0.478 e. The molecule has 1 fully saturated rings. The number of fused-ring (bicyclic) bond motifs is 1. The number of hydrogen-bond acceptors (Lipinski definition) is 3. The average molecular weight is 421 g/mol. The van der Waals surface area contributed by atoms with Crippen LogP contribution < -0.4 is 4.74 Å². The number of nitrogens with zero attached hydrogens (tertiary/aromatic N) is 1. The Labute approximate surface area is 179 Å². The van der Waals surface area contributed by atoms with Crippen LogP contribution in [0.4, 0.5) is 0 Å². The highest BCUT2D eigenvalue weighted by Gasteiger charge is 2.23. The molecule has 5 rings (SSSR count). The van der Waals surface area contributed by atoms with Gasteiger partial charge in [-0.15, -0.1) is 0 Å². The van der Waals surface area contributed by atoms with Gasteiger partial charge in [0, 0.05) is 12.0 Å². The van der Waals surface area contributed by atoms with E-state index < -0.39 is 5.97 Å². The summed E-state index contributed by atoms with van der Waals surface area (Å²) in [5.74, 6) is 0.360. The van der Waals surface area contributed by atoms with Crippen LogP contribution in [0.15, 0.2) is 59.4 Å². The minimum atomic E-state index is -0.943. The van der Waals surface area contributed by atoms with E-state index in [4.69, 9.17) is 16.3 Å². The van der Waals surface area contributed by atoms with Gasteiger partial charge in [-0.3, -0.25) is 0 Å². The predicted molar refractivity (Wildman–Crippen MR) is 117 cm³/mol. The lowest BCUT2D eigenvalue weighted by Gasteiger charge is -2.14. The quantitative estimate of drug-likeness (QED) is 0.513. The van der Waals surface area contributed by atoms with Crippen molar-refractivity contribution in [3.05, 3.63) is 70.0 Å². The van der Waals surface area contributed by atoms with Crippen LogP contribution in [0, 0.1) is 0 Å². The Morgan fingerprint density at radius 1 is 1.20 bits per heavy atom.